The molecule has 9 nitrogen and oxygen atoms in total. The van der Waals surface area contributed by atoms with E-state index in [2.05, 4.69) is 37.7 Å². The second-order valence-corrected chi connectivity index (χ2v) is 7.80. The van der Waals surface area contributed by atoms with Crippen LogP contribution >= 0.6 is 0 Å². The average molecular weight is 422 g/mol. The molecule has 0 saturated carbocycles. The van der Waals surface area contributed by atoms with E-state index < -0.39 is 5.54 Å². The molecule has 0 saturated heterocycles. The van der Waals surface area contributed by atoms with Crippen LogP contribution in [0.2, 0.25) is 0 Å². The van der Waals surface area contributed by atoms with Crippen molar-refractivity contribution in [3.05, 3.63) is 59.6 Å². The zero-order valence-electron chi connectivity index (χ0n) is 17.9. The first kappa shape index (κ1) is 20.6. The average Bonchev–Trinajstić information content (AvgIpc) is 3.42. The Hall–Kier alpha value is -3.62. The van der Waals surface area contributed by atoms with Crippen LogP contribution in [0.15, 0.2) is 47.2 Å². The lowest BCUT2D eigenvalue weighted by atomic mass is 10.1. The SMILES string of the molecule is CCOC(=O)C(C)(C)Nc1nc2c(c(NCc3ccccc3)n1)CN(c1ncco1)C2. The largest absolute Gasteiger partial charge is 0.464 e. The van der Waals surface area contributed by atoms with E-state index in [4.69, 9.17) is 9.15 Å². The van der Waals surface area contributed by atoms with Gasteiger partial charge in [0.25, 0.3) is 6.01 Å². The van der Waals surface area contributed by atoms with Crippen molar-refractivity contribution in [2.75, 3.05) is 22.1 Å². The van der Waals surface area contributed by atoms with Crippen LogP contribution in [0.3, 0.4) is 0 Å². The number of benzene rings is 1. The summed E-state index contributed by atoms with van der Waals surface area (Å²) in [5, 5.41) is 6.55. The zero-order chi connectivity index (χ0) is 21.8. The molecule has 31 heavy (non-hydrogen) atoms. The van der Waals surface area contributed by atoms with Gasteiger partial charge in [-0.05, 0) is 26.3 Å². The summed E-state index contributed by atoms with van der Waals surface area (Å²) >= 11 is 0. The fraction of sp³-hybridized carbons (Fsp3) is 0.364. The highest BCUT2D eigenvalue weighted by atomic mass is 16.5. The summed E-state index contributed by atoms with van der Waals surface area (Å²) in [6.07, 6.45) is 3.17. The van der Waals surface area contributed by atoms with Crippen molar-refractivity contribution >= 4 is 23.8 Å². The molecule has 0 spiro atoms. The Bertz CT molecular complexity index is 1040. The van der Waals surface area contributed by atoms with Gasteiger partial charge in [-0.3, -0.25) is 0 Å². The lowest BCUT2D eigenvalue weighted by molar-refractivity contribution is -0.147. The summed E-state index contributed by atoms with van der Waals surface area (Å²) in [6.45, 7) is 7.31. The third-order valence-electron chi connectivity index (χ3n) is 4.98. The molecule has 3 aromatic rings. The number of carbonyl (C=O) groups is 1. The molecule has 0 fully saturated rings. The Morgan fingerprint density at radius 3 is 2.74 bits per heavy atom. The molecule has 0 amide bonds. The van der Waals surface area contributed by atoms with Gasteiger partial charge in [0.05, 0.1) is 31.6 Å². The van der Waals surface area contributed by atoms with Crippen LogP contribution in [0, 0.1) is 0 Å². The van der Waals surface area contributed by atoms with Crippen LogP contribution in [0.25, 0.3) is 0 Å². The van der Waals surface area contributed by atoms with Crippen LogP contribution in [0.4, 0.5) is 17.8 Å². The monoisotopic (exact) mass is 422 g/mol. The van der Waals surface area contributed by atoms with E-state index in [9.17, 15) is 4.79 Å². The second-order valence-electron chi connectivity index (χ2n) is 7.80. The summed E-state index contributed by atoms with van der Waals surface area (Å²) in [4.78, 5) is 27.9. The number of rotatable bonds is 8. The van der Waals surface area contributed by atoms with Crippen LogP contribution in [0.5, 0.6) is 0 Å². The van der Waals surface area contributed by atoms with E-state index >= 15 is 0 Å². The lowest BCUT2D eigenvalue weighted by Crippen LogP contribution is -2.42. The number of carbonyl (C=O) groups excluding carboxylic acids is 1. The van der Waals surface area contributed by atoms with E-state index in [0.717, 1.165) is 16.8 Å². The molecular weight excluding hydrogens is 396 g/mol. The molecule has 3 heterocycles. The Kier molecular flexibility index (Phi) is 5.75. The standard InChI is InChI=1S/C22H26N6O3/c1-4-30-19(29)22(2,3)27-20-25-17-14-28(21-23-10-11-31-21)13-16(17)18(26-20)24-12-15-8-6-5-7-9-15/h5-11H,4,12-14H2,1-3H3,(H2,24,25,26,27). The van der Waals surface area contributed by atoms with Crippen molar-refractivity contribution in [1.82, 2.24) is 15.0 Å². The molecule has 0 atom stereocenters. The van der Waals surface area contributed by atoms with Crippen LogP contribution in [-0.2, 0) is 29.2 Å². The second kappa shape index (κ2) is 8.63. The Morgan fingerprint density at radius 2 is 2.03 bits per heavy atom. The summed E-state index contributed by atoms with van der Waals surface area (Å²) in [5.41, 5.74) is 2.00. The highest BCUT2D eigenvalue weighted by Crippen LogP contribution is 2.32. The molecule has 2 aromatic heterocycles. The number of nitrogens with zero attached hydrogens (tertiary/aromatic N) is 4. The quantitative estimate of drug-likeness (QED) is 0.529. The molecule has 0 radical (unpaired) electrons. The predicted molar refractivity (Wildman–Crippen MR) is 117 cm³/mol. The molecule has 162 valence electrons. The van der Waals surface area contributed by atoms with Gasteiger partial charge in [-0.15, -0.1) is 0 Å². The highest BCUT2D eigenvalue weighted by molar-refractivity contribution is 5.83. The van der Waals surface area contributed by atoms with Crippen molar-refractivity contribution < 1.29 is 13.9 Å². The van der Waals surface area contributed by atoms with Gasteiger partial charge in [0.2, 0.25) is 5.95 Å². The third-order valence-corrected chi connectivity index (χ3v) is 4.98. The number of anilines is 3. The number of esters is 1. The maximum atomic E-state index is 12.3. The summed E-state index contributed by atoms with van der Waals surface area (Å²) < 4.78 is 10.6. The molecule has 0 unspecified atom stereocenters. The first-order chi connectivity index (χ1) is 15.0. The van der Waals surface area contributed by atoms with E-state index in [1.54, 1.807) is 33.2 Å². The molecule has 4 rings (SSSR count). The van der Waals surface area contributed by atoms with Crippen molar-refractivity contribution in [1.29, 1.82) is 0 Å². The van der Waals surface area contributed by atoms with Gasteiger partial charge in [0.1, 0.15) is 17.6 Å². The first-order valence-electron chi connectivity index (χ1n) is 10.2. The van der Waals surface area contributed by atoms with Gasteiger partial charge in [0, 0.05) is 12.1 Å². The minimum atomic E-state index is -0.970. The zero-order valence-corrected chi connectivity index (χ0v) is 17.9. The molecular formula is C22H26N6O3. The van der Waals surface area contributed by atoms with E-state index in [1.165, 1.54) is 0 Å². The van der Waals surface area contributed by atoms with Crippen molar-refractivity contribution in [2.45, 2.75) is 45.9 Å². The van der Waals surface area contributed by atoms with Gasteiger partial charge >= 0.3 is 5.97 Å². The van der Waals surface area contributed by atoms with Gasteiger partial charge in [0.15, 0.2) is 0 Å². The number of nitrogens with one attached hydrogen (secondary N) is 2. The van der Waals surface area contributed by atoms with Gasteiger partial charge in [-0.2, -0.15) is 4.98 Å². The van der Waals surface area contributed by atoms with Crippen LogP contribution in [-0.4, -0.2) is 33.1 Å². The Balaban J connectivity index is 1.61. The predicted octanol–water partition coefficient (Wildman–Crippen LogP) is 3.35. The third kappa shape index (κ3) is 4.60. The van der Waals surface area contributed by atoms with Crippen molar-refractivity contribution in [3.8, 4) is 0 Å². The van der Waals surface area contributed by atoms with Gasteiger partial charge < -0.3 is 24.7 Å². The normalized spacial score (nSPS) is 13.1. The highest BCUT2D eigenvalue weighted by Gasteiger charge is 2.32. The number of fused-ring (bicyclic) bond motifs is 1. The van der Waals surface area contributed by atoms with E-state index in [1.807, 2.05) is 23.1 Å². The van der Waals surface area contributed by atoms with E-state index in [0.29, 0.717) is 44.0 Å². The number of hydrogen-bond donors (Lipinski definition) is 2. The first-order valence-corrected chi connectivity index (χ1v) is 10.2. The van der Waals surface area contributed by atoms with Crippen molar-refractivity contribution in [2.24, 2.45) is 0 Å². The summed E-state index contributed by atoms with van der Waals surface area (Å²) in [6, 6.07) is 10.6. The molecule has 1 aromatic carbocycles. The molecule has 1 aliphatic heterocycles. The molecule has 1 aliphatic rings. The maximum Gasteiger partial charge on any atom is 0.331 e. The fourth-order valence-corrected chi connectivity index (χ4v) is 3.39. The molecule has 0 aliphatic carbocycles. The number of oxazole rings is 1. The Labute approximate surface area is 180 Å². The molecule has 2 N–H and O–H groups in total. The number of aromatic nitrogens is 3. The fourth-order valence-electron chi connectivity index (χ4n) is 3.39. The van der Waals surface area contributed by atoms with Crippen LogP contribution in [0.1, 0.15) is 37.6 Å². The minimum Gasteiger partial charge on any atom is -0.464 e. The van der Waals surface area contributed by atoms with Crippen molar-refractivity contribution in [3.63, 3.8) is 0 Å². The number of ether oxygens (including phenoxy) is 1. The smallest absolute Gasteiger partial charge is 0.331 e. The van der Waals surface area contributed by atoms with Gasteiger partial charge in [-0.25, -0.2) is 14.8 Å². The summed E-state index contributed by atoms with van der Waals surface area (Å²) in [7, 11) is 0. The van der Waals surface area contributed by atoms with E-state index in [-0.39, 0.29) is 5.97 Å². The molecule has 0 bridgehead atoms. The van der Waals surface area contributed by atoms with Crippen LogP contribution < -0.4 is 15.5 Å². The maximum absolute atomic E-state index is 12.3. The molecule has 9 heteroatoms. The van der Waals surface area contributed by atoms with Gasteiger partial charge in [-0.1, -0.05) is 30.3 Å². The Morgan fingerprint density at radius 1 is 1.23 bits per heavy atom. The number of hydrogen-bond acceptors (Lipinski definition) is 9. The summed E-state index contributed by atoms with van der Waals surface area (Å²) in [5.74, 6) is 0.714. The minimum absolute atomic E-state index is 0.310. The topological polar surface area (TPSA) is 105 Å². The lowest BCUT2D eigenvalue weighted by Gasteiger charge is -2.24.